The number of nitrogens with one attached hydrogen (secondary N) is 1. The van der Waals surface area contributed by atoms with E-state index in [0.717, 1.165) is 29.2 Å². The lowest BCUT2D eigenvalue weighted by atomic mass is 10.1. The molecule has 3 aromatic rings. The third-order valence-corrected chi connectivity index (χ3v) is 5.81. The van der Waals surface area contributed by atoms with Gasteiger partial charge in [0, 0.05) is 11.1 Å². The van der Waals surface area contributed by atoms with Crippen LogP contribution in [0.5, 0.6) is 17.2 Å². The Morgan fingerprint density at radius 1 is 0.949 bits per heavy atom. The van der Waals surface area contributed by atoms with Crippen molar-refractivity contribution < 1.29 is 33.7 Å². The number of benzene rings is 3. The number of halogens is 2. The number of non-ortho nitro benzene ring substituents is 1. The maximum absolute atomic E-state index is 13.1. The van der Waals surface area contributed by atoms with E-state index < -0.39 is 44.6 Å². The summed E-state index contributed by atoms with van der Waals surface area (Å²) in [4.78, 5) is 59.6. The van der Waals surface area contributed by atoms with Crippen LogP contribution in [0.3, 0.4) is 0 Å². The van der Waals surface area contributed by atoms with Gasteiger partial charge in [-0.3, -0.25) is 35.1 Å². The summed E-state index contributed by atoms with van der Waals surface area (Å²) in [5.74, 6) is -2.46. The molecule has 0 bridgehead atoms. The largest absolute Gasteiger partial charge is 0.493 e. The van der Waals surface area contributed by atoms with E-state index >= 15 is 0 Å². The molecule has 1 aliphatic rings. The van der Waals surface area contributed by atoms with Crippen LogP contribution >= 0.6 is 23.2 Å². The van der Waals surface area contributed by atoms with E-state index in [4.69, 9.17) is 32.7 Å². The number of carbonyl (C=O) groups is 3. The van der Waals surface area contributed by atoms with E-state index in [2.05, 4.69) is 5.32 Å². The zero-order valence-corrected chi connectivity index (χ0v) is 21.1. The third kappa shape index (κ3) is 5.49. The summed E-state index contributed by atoms with van der Waals surface area (Å²) >= 11 is 12.3. The molecule has 0 atom stereocenters. The van der Waals surface area contributed by atoms with Crippen LogP contribution in [0.25, 0.3) is 6.08 Å². The average Bonchev–Trinajstić information content (AvgIpc) is 2.87. The van der Waals surface area contributed by atoms with Crippen LogP contribution in [0.2, 0.25) is 10.0 Å². The van der Waals surface area contributed by atoms with Gasteiger partial charge in [0.25, 0.3) is 17.5 Å². The Morgan fingerprint density at radius 3 is 2.33 bits per heavy atom. The van der Waals surface area contributed by atoms with Crippen molar-refractivity contribution in [1.82, 2.24) is 5.32 Å². The summed E-state index contributed by atoms with van der Waals surface area (Å²) in [6.45, 7) is 0. The number of urea groups is 1. The first-order chi connectivity index (χ1) is 18.5. The van der Waals surface area contributed by atoms with Gasteiger partial charge < -0.3 is 9.47 Å². The van der Waals surface area contributed by atoms with Gasteiger partial charge in [0.1, 0.15) is 5.57 Å². The molecule has 1 heterocycles. The van der Waals surface area contributed by atoms with Crippen LogP contribution in [0.15, 0.2) is 60.2 Å². The monoisotopic (exact) mass is 572 g/mol. The van der Waals surface area contributed by atoms with Crippen LogP contribution in [0, 0.1) is 20.2 Å². The van der Waals surface area contributed by atoms with Gasteiger partial charge in [-0.05, 0) is 48.0 Å². The number of nitro benzene ring substituents is 2. The molecule has 1 fully saturated rings. The number of hydrogen-bond acceptors (Lipinski definition) is 9. The maximum Gasteiger partial charge on any atom is 0.335 e. The van der Waals surface area contributed by atoms with Crippen LogP contribution < -0.4 is 19.7 Å². The molecule has 0 spiro atoms. The molecule has 198 valence electrons. The normalized spacial score (nSPS) is 14.3. The lowest BCUT2D eigenvalue weighted by molar-refractivity contribution is -0.394. The second kappa shape index (κ2) is 10.8. The summed E-state index contributed by atoms with van der Waals surface area (Å²) < 4.78 is 10.9. The van der Waals surface area contributed by atoms with E-state index in [1.165, 1.54) is 37.4 Å². The Hall–Kier alpha value is -5.01. The lowest BCUT2D eigenvalue weighted by Gasteiger charge is -2.26. The lowest BCUT2D eigenvalue weighted by Crippen LogP contribution is -2.54. The standard InChI is InChI=1S/C24H14Cl2N4O9/c1-38-20-9-12(7-16-22(31)27-24(33)28(23(16)32)14-4-2-3-13(25)10-14)8-17(26)21(20)39-19-6-5-15(29(34)35)11-18(19)30(36)37/h2-11H,1H3,(H,27,31,33)/b16-7+. The first kappa shape index (κ1) is 27.0. The Bertz CT molecular complexity index is 1610. The minimum Gasteiger partial charge on any atom is -0.493 e. The highest BCUT2D eigenvalue weighted by molar-refractivity contribution is 6.39. The Balaban J connectivity index is 1.72. The highest BCUT2D eigenvalue weighted by atomic mass is 35.5. The fourth-order valence-electron chi connectivity index (χ4n) is 3.55. The fraction of sp³-hybridized carbons (Fsp3) is 0.0417. The molecule has 15 heteroatoms. The molecule has 0 saturated carbocycles. The van der Waals surface area contributed by atoms with Crippen molar-refractivity contribution in [3.05, 3.63) is 96.0 Å². The van der Waals surface area contributed by atoms with E-state index in [0.29, 0.717) is 0 Å². The van der Waals surface area contributed by atoms with Gasteiger partial charge >= 0.3 is 11.7 Å². The fourth-order valence-corrected chi connectivity index (χ4v) is 4.00. The van der Waals surface area contributed by atoms with Gasteiger partial charge in [-0.25, -0.2) is 9.69 Å². The minimum atomic E-state index is -0.964. The van der Waals surface area contributed by atoms with Crippen molar-refractivity contribution >= 4 is 64.2 Å². The third-order valence-electron chi connectivity index (χ3n) is 5.29. The Labute approximate surface area is 228 Å². The van der Waals surface area contributed by atoms with Gasteiger partial charge in [0.2, 0.25) is 5.75 Å². The number of ether oxygens (including phenoxy) is 2. The number of hydrogen-bond donors (Lipinski definition) is 1. The number of rotatable bonds is 7. The van der Waals surface area contributed by atoms with Crippen molar-refractivity contribution in [1.29, 1.82) is 0 Å². The number of barbiturate groups is 1. The van der Waals surface area contributed by atoms with Crippen LogP contribution in [-0.4, -0.2) is 34.8 Å². The molecule has 1 aliphatic heterocycles. The Morgan fingerprint density at radius 2 is 1.69 bits per heavy atom. The predicted octanol–water partition coefficient (Wildman–Crippen LogP) is 5.28. The zero-order valence-electron chi connectivity index (χ0n) is 19.5. The second-order valence-electron chi connectivity index (χ2n) is 7.74. The molecule has 0 unspecified atom stereocenters. The first-order valence-corrected chi connectivity index (χ1v) is 11.4. The van der Waals surface area contributed by atoms with Crippen molar-refractivity contribution in [2.45, 2.75) is 0 Å². The quantitative estimate of drug-likeness (QED) is 0.171. The van der Waals surface area contributed by atoms with Gasteiger partial charge in [0.05, 0.1) is 33.7 Å². The summed E-state index contributed by atoms with van der Waals surface area (Å²) in [6.07, 6.45) is 1.16. The molecule has 39 heavy (non-hydrogen) atoms. The summed E-state index contributed by atoms with van der Waals surface area (Å²) in [7, 11) is 1.25. The van der Waals surface area contributed by atoms with Gasteiger partial charge in [-0.1, -0.05) is 29.3 Å². The molecule has 1 saturated heterocycles. The van der Waals surface area contributed by atoms with Crippen LogP contribution in [0.4, 0.5) is 21.9 Å². The average molecular weight is 573 g/mol. The van der Waals surface area contributed by atoms with Crippen LogP contribution in [0.1, 0.15) is 5.56 Å². The highest BCUT2D eigenvalue weighted by Gasteiger charge is 2.37. The molecular formula is C24H14Cl2N4O9. The van der Waals surface area contributed by atoms with E-state index in [-0.39, 0.29) is 38.5 Å². The Kier molecular flexibility index (Phi) is 7.47. The minimum absolute atomic E-state index is 0.0477. The number of nitrogens with zero attached hydrogens (tertiary/aromatic N) is 3. The molecule has 3 aromatic carbocycles. The summed E-state index contributed by atoms with van der Waals surface area (Å²) in [5, 5.41) is 24.7. The van der Waals surface area contributed by atoms with Crippen LogP contribution in [-0.2, 0) is 9.59 Å². The predicted molar refractivity (Wildman–Crippen MR) is 138 cm³/mol. The van der Waals surface area contributed by atoms with Crippen molar-refractivity contribution in [2.24, 2.45) is 0 Å². The topological polar surface area (TPSA) is 171 Å². The van der Waals surface area contributed by atoms with E-state index in [9.17, 15) is 34.6 Å². The molecule has 1 N–H and O–H groups in total. The molecular weight excluding hydrogens is 559 g/mol. The number of nitro groups is 2. The summed E-state index contributed by atoms with van der Waals surface area (Å²) in [6, 6.07) is 10.3. The number of carbonyl (C=O) groups excluding carboxylic acids is 3. The van der Waals surface area contributed by atoms with E-state index in [1.807, 2.05) is 0 Å². The number of imide groups is 2. The van der Waals surface area contributed by atoms with E-state index in [1.54, 1.807) is 6.07 Å². The molecule has 0 aliphatic carbocycles. The summed E-state index contributed by atoms with van der Waals surface area (Å²) in [5.41, 5.74) is -1.31. The van der Waals surface area contributed by atoms with Gasteiger partial charge in [-0.15, -0.1) is 0 Å². The van der Waals surface area contributed by atoms with Crippen molar-refractivity contribution in [2.75, 3.05) is 12.0 Å². The number of methoxy groups -OCH3 is 1. The second-order valence-corrected chi connectivity index (χ2v) is 8.58. The van der Waals surface area contributed by atoms with Crippen molar-refractivity contribution in [3.8, 4) is 17.2 Å². The zero-order chi connectivity index (χ0) is 28.4. The van der Waals surface area contributed by atoms with Gasteiger partial charge in [0.15, 0.2) is 11.5 Å². The molecule has 4 amide bonds. The maximum atomic E-state index is 13.1. The molecule has 0 radical (unpaired) electrons. The highest BCUT2D eigenvalue weighted by Crippen LogP contribution is 2.43. The molecule has 13 nitrogen and oxygen atoms in total. The first-order valence-electron chi connectivity index (χ1n) is 10.7. The van der Waals surface area contributed by atoms with Crippen molar-refractivity contribution in [3.63, 3.8) is 0 Å². The smallest absolute Gasteiger partial charge is 0.335 e. The number of amides is 4. The SMILES string of the molecule is COc1cc(/C=C2\C(=O)NC(=O)N(c3cccc(Cl)c3)C2=O)cc(Cl)c1Oc1ccc([N+](=O)[O-])cc1[N+](=O)[O-]. The number of anilines is 1. The van der Waals surface area contributed by atoms with Gasteiger partial charge in [-0.2, -0.15) is 0 Å². The molecule has 4 rings (SSSR count). The molecule has 0 aromatic heterocycles.